The standard InChI is InChI=1S/C18H26O2/c1-13(2)15-10-11-17(18(19)20)16(12-15)9-8-14-6-4-3-5-7-14/h3-7,13,15-17H,8-12H2,1-2H3,(H,19,20). The number of aliphatic carboxylic acids is 1. The number of carboxylic acids is 1. The molecule has 110 valence electrons. The van der Waals surface area contributed by atoms with Gasteiger partial charge in [0.05, 0.1) is 5.92 Å². The number of benzene rings is 1. The second-order valence-corrected chi connectivity index (χ2v) is 6.55. The van der Waals surface area contributed by atoms with E-state index in [0.29, 0.717) is 17.8 Å². The molecule has 0 saturated heterocycles. The van der Waals surface area contributed by atoms with Crippen molar-refractivity contribution in [2.24, 2.45) is 23.7 Å². The predicted octanol–water partition coefficient (Wildman–Crippen LogP) is 4.39. The van der Waals surface area contributed by atoms with Crippen molar-refractivity contribution in [3.63, 3.8) is 0 Å². The summed E-state index contributed by atoms with van der Waals surface area (Å²) in [5, 5.41) is 9.43. The summed E-state index contributed by atoms with van der Waals surface area (Å²) in [6.07, 6.45) is 5.03. The Morgan fingerprint density at radius 2 is 1.95 bits per heavy atom. The van der Waals surface area contributed by atoms with Crippen LogP contribution in [0.25, 0.3) is 0 Å². The van der Waals surface area contributed by atoms with Gasteiger partial charge in [0, 0.05) is 0 Å². The molecule has 0 aromatic heterocycles. The Labute approximate surface area is 122 Å². The van der Waals surface area contributed by atoms with Gasteiger partial charge in [-0.2, -0.15) is 0 Å². The third kappa shape index (κ3) is 3.84. The third-order valence-electron chi connectivity index (χ3n) is 4.93. The zero-order valence-electron chi connectivity index (χ0n) is 12.6. The van der Waals surface area contributed by atoms with Crippen LogP contribution in [-0.4, -0.2) is 11.1 Å². The molecule has 1 N–H and O–H groups in total. The number of hydrogen-bond donors (Lipinski definition) is 1. The maximum absolute atomic E-state index is 11.5. The van der Waals surface area contributed by atoms with Gasteiger partial charge in [-0.25, -0.2) is 0 Å². The summed E-state index contributed by atoms with van der Waals surface area (Å²) in [7, 11) is 0. The molecule has 0 spiro atoms. The molecule has 20 heavy (non-hydrogen) atoms. The molecule has 0 bridgehead atoms. The first-order chi connectivity index (χ1) is 9.58. The van der Waals surface area contributed by atoms with Crippen molar-refractivity contribution in [1.82, 2.24) is 0 Å². The molecular formula is C18H26O2. The fraction of sp³-hybridized carbons (Fsp3) is 0.611. The molecule has 1 saturated carbocycles. The van der Waals surface area contributed by atoms with Gasteiger partial charge in [0.2, 0.25) is 0 Å². The van der Waals surface area contributed by atoms with Crippen molar-refractivity contribution in [2.75, 3.05) is 0 Å². The minimum atomic E-state index is -0.592. The van der Waals surface area contributed by atoms with E-state index in [1.807, 2.05) is 6.07 Å². The molecule has 0 radical (unpaired) electrons. The Hall–Kier alpha value is -1.31. The number of carbonyl (C=O) groups is 1. The average Bonchev–Trinajstić information content (AvgIpc) is 2.45. The number of rotatable bonds is 5. The van der Waals surface area contributed by atoms with Crippen molar-refractivity contribution >= 4 is 5.97 Å². The number of hydrogen-bond acceptors (Lipinski definition) is 1. The normalized spacial score (nSPS) is 26.6. The van der Waals surface area contributed by atoms with Gasteiger partial charge in [0.15, 0.2) is 0 Å². The quantitative estimate of drug-likeness (QED) is 0.864. The van der Waals surface area contributed by atoms with Gasteiger partial charge in [-0.05, 0) is 55.4 Å². The SMILES string of the molecule is CC(C)C1CCC(C(=O)O)C(CCc2ccccc2)C1. The fourth-order valence-electron chi connectivity index (χ4n) is 3.55. The molecule has 3 unspecified atom stereocenters. The molecule has 1 fully saturated rings. The minimum absolute atomic E-state index is 0.131. The van der Waals surface area contributed by atoms with Crippen molar-refractivity contribution in [1.29, 1.82) is 0 Å². The Bertz CT molecular complexity index is 424. The van der Waals surface area contributed by atoms with Crippen LogP contribution in [0.5, 0.6) is 0 Å². The zero-order valence-corrected chi connectivity index (χ0v) is 12.6. The van der Waals surface area contributed by atoms with Crippen LogP contribution in [0.4, 0.5) is 0 Å². The monoisotopic (exact) mass is 274 g/mol. The van der Waals surface area contributed by atoms with Crippen LogP contribution in [-0.2, 0) is 11.2 Å². The maximum Gasteiger partial charge on any atom is 0.306 e. The molecule has 3 atom stereocenters. The van der Waals surface area contributed by atoms with E-state index < -0.39 is 5.97 Å². The van der Waals surface area contributed by atoms with Crippen LogP contribution < -0.4 is 0 Å². The van der Waals surface area contributed by atoms with Crippen LogP contribution in [0.15, 0.2) is 30.3 Å². The molecule has 0 aliphatic heterocycles. The average molecular weight is 274 g/mol. The van der Waals surface area contributed by atoms with Crippen LogP contribution >= 0.6 is 0 Å². The molecule has 0 heterocycles. The van der Waals surface area contributed by atoms with E-state index in [-0.39, 0.29) is 5.92 Å². The van der Waals surface area contributed by atoms with Gasteiger partial charge < -0.3 is 5.11 Å². The Balaban J connectivity index is 1.98. The molecule has 1 aromatic rings. The minimum Gasteiger partial charge on any atom is -0.481 e. The van der Waals surface area contributed by atoms with E-state index in [9.17, 15) is 9.90 Å². The first-order valence-electron chi connectivity index (χ1n) is 7.84. The lowest BCUT2D eigenvalue weighted by molar-refractivity contribution is -0.145. The van der Waals surface area contributed by atoms with Gasteiger partial charge in [-0.1, -0.05) is 44.2 Å². The highest BCUT2D eigenvalue weighted by Crippen LogP contribution is 2.39. The summed E-state index contributed by atoms with van der Waals surface area (Å²) >= 11 is 0. The van der Waals surface area contributed by atoms with Crippen molar-refractivity contribution in [3.8, 4) is 0 Å². The number of carboxylic acid groups (broad SMARTS) is 1. The maximum atomic E-state index is 11.5. The molecule has 2 rings (SSSR count). The molecule has 0 amide bonds. The second-order valence-electron chi connectivity index (χ2n) is 6.55. The van der Waals surface area contributed by atoms with E-state index in [4.69, 9.17) is 0 Å². The van der Waals surface area contributed by atoms with E-state index in [2.05, 4.69) is 38.1 Å². The van der Waals surface area contributed by atoms with Gasteiger partial charge in [0.1, 0.15) is 0 Å². The smallest absolute Gasteiger partial charge is 0.306 e. The molecule has 1 aromatic carbocycles. The van der Waals surface area contributed by atoms with E-state index >= 15 is 0 Å². The first-order valence-corrected chi connectivity index (χ1v) is 7.84. The second kappa shape index (κ2) is 6.92. The summed E-state index contributed by atoms with van der Waals surface area (Å²) in [5.74, 6) is 0.989. The van der Waals surface area contributed by atoms with Gasteiger partial charge >= 0.3 is 5.97 Å². The summed E-state index contributed by atoms with van der Waals surface area (Å²) in [5.41, 5.74) is 1.32. The zero-order chi connectivity index (χ0) is 14.5. The van der Waals surface area contributed by atoms with Crippen LogP contribution in [0.2, 0.25) is 0 Å². The van der Waals surface area contributed by atoms with Crippen LogP contribution in [0.1, 0.15) is 45.1 Å². The summed E-state index contributed by atoms with van der Waals surface area (Å²) in [6.45, 7) is 4.53. The summed E-state index contributed by atoms with van der Waals surface area (Å²) in [6, 6.07) is 10.4. The van der Waals surface area contributed by atoms with Gasteiger partial charge in [-0.3, -0.25) is 4.79 Å². The van der Waals surface area contributed by atoms with Crippen molar-refractivity contribution in [2.45, 2.75) is 46.0 Å². The Kier molecular flexibility index (Phi) is 5.22. The molecule has 1 aliphatic carbocycles. The highest BCUT2D eigenvalue weighted by Gasteiger charge is 2.35. The number of aryl methyl sites for hydroxylation is 1. The van der Waals surface area contributed by atoms with Gasteiger partial charge in [-0.15, -0.1) is 0 Å². The lowest BCUT2D eigenvalue weighted by Gasteiger charge is -2.36. The first kappa shape index (κ1) is 15.1. The van der Waals surface area contributed by atoms with E-state index in [1.165, 1.54) is 5.56 Å². The van der Waals surface area contributed by atoms with E-state index in [0.717, 1.165) is 32.1 Å². The molecule has 2 nitrogen and oxygen atoms in total. The highest BCUT2D eigenvalue weighted by atomic mass is 16.4. The van der Waals surface area contributed by atoms with Crippen molar-refractivity contribution < 1.29 is 9.90 Å². The summed E-state index contributed by atoms with van der Waals surface area (Å²) < 4.78 is 0. The van der Waals surface area contributed by atoms with Gasteiger partial charge in [0.25, 0.3) is 0 Å². The molecule has 2 heteroatoms. The topological polar surface area (TPSA) is 37.3 Å². The third-order valence-corrected chi connectivity index (χ3v) is 4.93. The lowest BCUT2D eigenvalue weighted by Crippen LogP contribution is -2.32. The Morgan fingerprint density at radius 3 is 2.55 bits per heavy atom. The molecular weight excluding hydrogens is 248 g/mol. The largest absolute Gasteiger partial charge is 0.481 e. The van der Waals surface area contributed by atoms with Crippen molar-refractivity contribution in [3.05, 3.63) is 35.9 Å². The highest BCUT2D eigenvalue weighted by molar-refractivity contribution is 5.70. The molecule has 1 aliphatic rings. The predicted molar refractivity (Wildman–Crippen MR) is 81.6 cm³/mol. The van der Waals surface area contributed by atoms with Crippen LogP contribution in [0.3, 0.4) is 0 Å². The fourth-order valence-corrected chi connectivity index (χ4v) is 3.55. The lowest BCUT2D eigenvalue weighted by atomic mass is 9.69. The summed E-state index contributed by atoms with van der Waals surface area (Å²) in [4.78, 5) is 11.5. The van der Waals surface area contributed by atoms with E-state index in [1.54, 1.807) is 0 Å². The Morgan fingerprint density at radius 1 is 1.25 bits per heavy atom. The van der Waals surface area contributed by atoms with Crippen LogP contribution in [0, 0.1) is 23.7 Å².